The van der Waals surface area contributed by atoms with E-state index < -0.39 is 10.0 Å². The fraction of sp³-hybridized carbons (Fsp3) is 0.375. The van der Waals surface area contributed by atoms with E-state index in [-0.39, 0.29) is 6.04 Å². The van der Waals surface area contributed by atoms with Gasteiger partial charge in [-0.25, -0.2) is 13.1 Å². The van der Waals surface area contributed by atoms with Crippen molar-refractivity contribution < 1.29 is 8.42 Å². The number of likely N-dealkylation sites (N-methyl/N-ethyl adjacent to an activating group) is 1. The smallest absolute Gasteiger partial charge is 0.240 e. The number of thiophene rings is 1. The SMILES string of the molecule is Cc1ccc(S(=O)(=O)NCC(c2ccsc2)N(C)C)c(C)c1. The molecule has 1 atom stereocenters. The van der Waals surface area contributed by atoms with E-state index in [0.717, 1.165) is 16.7 Å². The second-order valence-electron chi connectivity index (χ2n) is 5.66. The zero-order chi connectivity index (χ0) is 16.3. The zero-order valence-electron chi connectivity index (χ0n) is 13.3. The van der Waals surface area contributed by atoms with Crippen LogP contribution in [0.25, 0.3) is 0 Å². The molecule has 0 amide bonds. The van der Waals surface area contributed by atoms with E-state index in [1.165, 1.54) is 0 Å². The van der Waals surface area contributed by atoms with Gasteiger partial charge in [0.15, 0.2) is 0 Å². The number of nitrogens with one attached hydrogen (secondary N) is 1. The Morgan fingerprint density at radius 1 is 1.23 bits per heavy atom. The van der Waals surface area contributed by atoms with Crippen LogP contribution in [0.5, 0.6) is 0 Å². The number of hydrogen-bond donors (Lipinski definition) is 1. The summed E-state index contributed by atoms with van der Waals surface area (Å²) in [6.45, 7) is 4.12. The molecule has 1 aromatic carbocycles. The van der Waals surface area contributed by atoms with Gasteiger partial charge in [-0.2, -0.15) is 11.3 Å². The van der Waals surface area contributed by atoms with Crippen LogP contribution in [0.15, 0.2) is 39.9 Å². The first-order valence-corrected chi connectivity index (χ1v) is 9.49. The molecule has 2 aromatic rings. The highest BCUT2D eigenvalue weighted by atomic mass is 32.2. The average molecular weight is 338 g/mol. The van der Waals surface area contributed by atoms with Crippen LogP contribution in [-0.4, -0.2) is 34.0 Å². The predicted molar refractivity (Wildman–Crippen MR) is 91.9 cm³/mol. The van der Waals surface area contributed by atoms with Crippen molar-refractivity contribution in [2.45, 2.75) is 24.8 Å². The third-order valence-corrected chi connectivity index (χ3v) is 5.92. The molecule has 1 N–H and O–H groups in total. The highest BCUT2D eigenvalue weighted by Gasteiger charge is 2.21. The van der Waals surface area contributed by atoms with Crippen LogP contribution >= 0.6 is 11.3 Å². The Balaban J connectivity index is 2.18. The minimum Gasteiger partial charge on any atom is -0.301 e. The molecule has 0 radical (unpaired) electrons. The highest BCUT2D eigenvalue weighted by Crippen LogP contribution is 2.22. The molecule has 1 heterocycles. The van der Waals surface area contributed by atoms with Crippen molar-refractivity contribution in [2.75, 3.05) is 20.6 Å². The first-order chi connectivity index (χ1) is 10.3. The van der Waals surface area contributed by atoms with Crippen molar-refractivity contribution in [3.63, 3.8) is 0 Å². The topological polar surface area (TPSA) is 49.4 Å². The molecule has 22 heavy (non-hydrogen) atoms. The van der Waals surface area contributed by atoms with Gasteiger partial charge in [0, 0.05) is 12.6 Å². The monoisotopic (exact) mass is 338 g/mol. The molecule has 120 valence electrons. The van der Waals surface area contributed by atoms with Crippen LogP contribution in [0.1, 0.15) is 22.7 Å². The molecule has 0 bridgehead atoms. The van der Waals surface area contributed by atoms with Crippen molar-refractivity contribution in [3.8, 4) is 0 Å². The summed E-state index contributed by atoms with van der Waals surface area (Å²) in [7, 11) is 0.404. The Kier molecular flexibility index (Phi) is 5.39. The molecule has 0 saturated heterocycles. The molecule has 0 aliphatic heterocycles. The summed E-state index contributed by atoms with van der Waals surface area (Å²) in [5.74, 6) is 0. The minimum atomic E-state index is -3.50. The van der Waals surface area contributed by atoms with E-state index in [4.69, 9.17) is 0 Å². The molecular weight excluding hydrogens is 316 g/mol. The van der Waals surface area contributed by atoms with E-state index in [1.807, 2.05) is 56.4 Å². The Labute approximate surface area is 136 Å². The lowest BCUT2D eigenvalue weighted by molar-refractivity contribution is 0.300. The van der Waals surface area contributed by atoms with Crippen LogP contribution in [-0.2, 0) is 10.0 Å². The number of nitrogens with zero attached hydrogens (tertiary/aromatic N) is 1. The summed E-state index contributed by atoms with van der Waals surface area (Å²) in [6, 6.07) is 7.43. The van der Waals surface area contributed by atoms with Gasteiger partial charge < -0.3 is 4.90 Å². The Bertz CT molecular complexity index is 723. The summed E-state index contributed by atoms with van der Waals surface area (Å²) in [4.78, 5) is 2.37. The van der Waals surface area contributed by atoms with Gasteiger partial charge in [-0.15, -0.1) is 0 Å². The maximum Gasteiger partial charge on any atom is 0.240 e. The molecule has 1 unspecified atom stereocenters. The van der Waals surface area contributed by atoms with Crippen molar-refractivity contribution in [2.24, 2.45) is 0 Å². The molecule has 0 spiro atoms. The molecule has 0 aliphatic carbocycles. The predicted octanol–water partition coefficient (Wildman–Crippen LogP) is 2.95. The molecule has 4 nitrogen and oxygen atoms in total. The Morgan fingerprint density at radius 2 is 1.95 bits per heavy atom. The minimum absolute atomic E-state index is 0.0202. The third kappa shape index (κ3) is 3.95. The molecule has 0 aliphatic rings. The van der Waals surface area contributed by atoms with Gasteiger partial charge in [-0.1, -0.05) is 17.7 Å². The molecule has 2 rings (SSSR count). The molecule has 0 fully saturated rings. The van der Waals surface area contributed by atoms with Crippen LogP contribution in [0.4, 0.5) is 0 Å². The van der Waals surface area contributed by atoms with Crippen LogP contribution in [0.3, 0.4) is 0 Å². The summed E-state index contributed by atoms with van der Waals surface area (Å²) in [6.07, 6.45) is 0. The standard InChI is InChI=1S/C16H22N2O2S2/c1-12-5-6-16(13(2)9-12)22(19,20)17-10-15(18(3)4)14-7-8-21-11-14/h5-9,11,15,17H,10H2,1-4H3. The fourth-order valence-corrected chi connectivity index (χ4v) is 4.40. The van der Waals surface area contributed by atoms with Crippen molar-refractivity contribution in [1.82, 2.24) is 9.62 Å². The summed E-state index contributed by atoms with van der Waals surface area (Å²) >= 11 is 1.62. The molecule has 6 heteroatoms. The first kappa shape index (κ1) is 17.1. The second kappa shape index (κ2) is 6.91. The lowest BCUT2D eigenvalue weighted by Gasteiger charge is -2.24. The van der Waals surface area contributed by atoms with Gasteiger partial charge in [0.1, 0.15) is 0 Å². The van der Waals surface area contributed by atoms with E-state index in [2.05, 4.69) is 10.1 Å². The largest absolute Gasteiger partial charge is 0.301 e. The number of aryl methyl sites for hydroxylation is 2. The van der Waals surface area contributed by atoms with E-state index in [1.54, 1.807) is 17.4 Å². The molecule has 0 saturated carbocycles. The average Bonchev–Trinajstić information content (AvgIpc) is 2.91. The molecule has 1 aromatic heterocycles. The lowest BCUT2D eigenvalue weighted by Crippen LogP contribution is -2.34. The Hall–Kier alpha value is -1.21. The van der Waals surface area contributed by atoms with E-state index in [0.29, 0.717) is 11.4 Å². The maximum atomic E-state index is 12.5. The lowest BCUT2D eigenvalue weighted by atomic mass is 10.1. The second-order valence-corrected chi connectivity index (χ2v) is 8.17. The van der Waals surface area contributed by atoms with Gasteiger partial charge in [0.05, 0.1) is 4.90 Å². The van der Waals surface area contributed by atoms with E-state index >= 15 is 0 Å². The quantitative estimate of drug-likeness (QED) is 0.881. The van der Waals surface area contributed by atoms with Crippen LogP contribution < -0.4 is 4.72 Å². The van der Waals surface area contributed by atoms with Crippen molar-refractivity contribution in [3.05, 3.63) is 51.7 Å². The van der Waals surface area contributed by atoms with Gasteiger partial charge >= 0.3 is 0 Å². The van der Waals surface area contributed by atoms with E-state index in [9.17, 15) is 8.42 Å². The number of hydrogen-bond acceptors (Lipinski definition) is 4. The van der Waals surface area contributed by atoms with Gasteiger partial charge in [-0.3, -0.25) is 0 Å². The number of rotatable bonds is 6. The van der Waals surface area contributed by atoms with Gasteiger partial charge in [0.2, 0.25) is 10.0 Å². The van der Waals surface area contributed by atoms with Gasteiger partial charge in [0.25, 0.3) is 0 Å². The van der Waals surface area contributed by atoms with Crippen molar-refractivity contribution >= 4 is 21.4 Å². The first-order valence-electron chi connectivity index (χ1n) is 7.06. The Morgan fingerprint density at radius 3 is 2.50 bits per heavy atom. The summed E-state index contributed by atoms with van der Waals surface area (Å²) < 4.78 is 27.8. The number of benzene rings is 1. The fourth-order valence-electron chi connectivity index (χ4n) is 2.43. The number of sulfonamides is 1. The van der Waals surface area contributed by atoms with Crippen LogP contribution in [0, 0.1) is 13.8 Å². The van der Waals surface area contributed by atoms with Crippen molar-refractivity contribution in [1.29, 1.82) is 0 Å². The van der Waals surface area contributed by atoms with Gasteiger partial charge in [-0.05, 0) is 62.0 Å². The third-order valence-electron chi connectivity index (χ3n) is 3.64. The van der Waals surface area contributed by atoms with Crippen LogP contribution in [0.2, 0.25) is 0 Å². The molecular formula is C16H22N2O2S2. The summed E-state index contributed by atoms with van der Waals surface area (Å²) in [5, 5.41) is 4.06. The summed E-state index contributed by atoms with van der Waals surface area (Å²) in [5.41, 5.74) is 2.95. The highest BCUT2D eigenvalue weighted by molar-refractivity contribution is 7.89. The zero-order valence-corrected chi connectivity index (χ0v) is 15.0. The normalized spacial score (nSPS) is 13.5. The maximum absolute atomic E-state index is 12.5.